The van der Waals surface area contributed by atoms with Gasteiger partial charge in [0.2, 0.25) is 0 Å². The van der Waals surface area contributed by atoms with Crippen LogP contribution in [-0.2, 0) is 28.1 Å². The highest BCUT2D eigenvalue weighted by atomic mass is 32.1. The first-order chi connectivity index (χ1) is 14.8. The van der Waals surface area contributed by atoms with Crippen molar-refractivity contribution in [3.63, 3.8) is 0 Å². The molecule has 4 N–H and O–H groups in total. The SMILES string of the molecule is CC(N)(CCc1ccc(C(=O)CCCCc2ccc(C(F)(F)F)cc2)s1)COP(=O)(O)O. The molecule has 0 saturated heterocycles. The average molecular weight is 493 g/mol. The smallest absolute Gasteiger partial charge is 0.323 e. The Bertz CT molecular complexity index is 938. The number of benzene rings is 1. The van der Waals surface area contributed by atoms with Crippen LogP contribution in [-0.4, -0.2) is 27.7 Å². The Hall–Kier alpha value is -1.55. The van der Waals surface area contributed by atoms with Crippen molar-refractivity contribution in [1.82, 2.24) is 0 Å². The third-order valence-corrected chi connectivity index (χ3v) is 6.49. The summed E-state index contributed by atoms with van der Waals surface area (Å²) >= 11 is 1.36. The zero-order valence-corrected chi connectivity index (χ0v) is 19.3. The van der Waals surface area contributed by atoms with Gasteiger partial charge in [0.05, 0.1) is 17.0 Å². The van der Waals surface area contributed by atoms with E-state index in [1.807, 2.05) is 6.07 Å². The van der Waals surface area contributed by atoms with Crippen LogP contribution in [0.4, 0.5) is 13.2 Å². The summed E-state index contributed by atoms with van der Waals surface area (Å²) in [5.41, 5.74) is 5.22. The van der Waals surface area contributed by atoms with Crippen molar-refractivity contribution >= 4 is 24.9 Å². The van der Waals surface area contributed by atoms with E-state index in [1.54, 1.807) is 13.0 Å². The number of carbonyl (C=O) groups is 1. The third kappa shape index (κ3) is 9.52. The molecule has 0 saturated carbocycles. The molecular weight excluding hydrogens is 466 g/mol. The van der Waals surface area contributed by atoms with Crippen molar-refractivity contribution in [1.29, 1.82) is 0 Å². The summed E-state index contributed by atoms with van der Waals surface area (Å²) in [7, 11) is -4.58. The minimum atomic E-state index is -4.58. The lowest BCUT2D eigenvalue weighted by Crippen LogP contribution is -2.41. The number of rotatable bonds is 12. The molecule has 1 atom stereocenters. The van der Waals surface area contributed by atoms with E-state index in [-0.39, 0.29) is 12.4 Å². The number of hydrogen-bond acceptors (Lipinski definition) is 5. The van der Waals surface area contributed by atoms with Gasteiger partial charge in [0.15, 0.2) is 5.78 Å². The van der Waals surface area contributed by atoms with Gasteiger partial charge in [0, 0.05) is 16.8 Å². The largest absolute Gasteiger partial charge is 0.469 e. The molecule has 0 amide bonds. The Morgan fingerprint density at radius 1 is 1.09 bits per heavy atom. The molecule has 0 spiro atoms. The van der Waals surface area contributed by atoms with Crippen LogP contribution >= 0.6 is 19.2 Å². The van der Waals surface area contributed by atoms with Gasteiger partial charge >= 0.3 is 14.0 Å². The highest BCUT2D eigenvalue weighted by Gasteiger charge is 2.30. The van der Waals surface area contributed by atoms with Gasteiger partial charge in [0.1, 0.15) is 0 Å². The Kier molecular flexibility index (Phi) is 9.22. The molecule has 0 aliphatic rings. The molecule has 0 aliphatic carbocycles. The van der Waals surface area contributed by atoms with Gasteiger partial charge < -0.3 is 15.5 Å². The molecule has 32 heavy (non-hydrogen) atoms. The van der Waals surface area contributed by atoms with E-state index in [1.165, 1.54) is 23.5 Å². The van der Waals surface area contributed by atoms with E-state index in [0.717, 1.165) is 22.6 Å². The molecule has 11 heteroatoms. The second-order valence-electron chi connectivity index (χ2n) is 8.01. The molecule has 0 radical (unpaired) electrons. The van der Waals surface area contributed by atoms with Gasteiger partial charge in [-0.25, -0.2) is 4.57 Å². The average Bonchev–Trinajstić information content (AvgIpc) is 3.17. The second-order valence-corrected chi connectivity index (χ2v) is 10.4. The number of Topliss-reactive ketones (excluding diaryl/α,β-unsaturated/α-hetero) is 1. The van der Waals surface area contributed by atoms with Crippen LogP contribution in [0, 0.1) is 0 Å². The van der Waals surface area contributed by atoms with E-state index >= 15 is 0 Å². The van der Waals surface area contributed by atoms with Gasteiger partial charge in [-0.2, -0.15) is 13.2 Å². The maximum atomic E-state index is 12.6. The first kappa shape index (κ1) is 26.7. The first-order valence-electron chi connectivity index (χ1n) is 10.0. The summed E-state index contributed by atoms with van der Waals surface area (Å²) < 4.78 is 53.0. The monoisotopic (exact) mass is 493 g/mol. The molecule has 2 aromatic rings. The van der Waals surface area contributed by atoms with Crippen molar-refractivity contribution in [3.8, 4) is 0 Å². The lowest BCUT2D eigenvalue weighted by Gasteiger charge is -2.24. The Morgan fingerprint density at radius 3 is 2.34 bits per heavy atom. The van der Waals surface area contributed by atoms with Crippen LogP contribution in [0.3, 0.4) is 0 Å². The zero-order chi connectivity index (χ0) is 24.0. The number of aryl methyl sites for hydroxylation is 2. The fourth-order valence-corrected chi connectivity index (χ4v) is 4.41. The summed E-state index contributed by atoms with van der Waals surface area (Å²) in [6, 6.07) is 8.65. The van der Waals surface area contributed by atoms with Crippen LogP contribution in [0.15, 0.2) is 36.4 Å². The molecule has 1 aromatic carbocycles. The molecule has 6 nitrogen and oxygen atoms in total. The Balaban J connectivity index is 1.74. The molecule has 1 aromatic heterocycles. The number of phosphoric acid groups is 1. The van der Waals surface area contributed by atoms with E-state index < -0.39 is 25.1 Å². The first-order valence-corrected chi connectivity index (χ1v) is 12.4. The number of hydrogen-bond donors (Lipinski definition) is 3. The Labute approximate surface area is 188 Å². The number of halogens is 3. The number of thiophene rings is 1. The lowest BCUT2D eigenvalue weighted by molar-refractivity contribution is -0.137. The summed E-state index contributed by atoms with van der Waals surface area (Å²) in [5.74, 6) is 0.00834. The van der Waals surface area contributed by atoms with Crippen LogP contribution in [0.2, 0.25) is 0 Å². The van der Waals surface area contributed by atoms with E-state index in [0.29, 0.717) is 43.4 Å². The quantitative estimate of drug-likeness (QED) is 0.215. The van der Waals surface area contributed by atoms with Crippen LogP contribution < -0.4 is 5.73 Å². The van der Waals surface area contributed by atoms with Crippen LogP contribution in [0.1, 0.15) is 58.3 Å². The normalized spacial score (nSPS) is 14.3. The van der Waals surface area contributed by atoms with Crippen molar-refractivity contribution in [3.05, 3.63) is 57.3 Å². The van der Waals surface area contributed by atoms with Crippen molar-refractivity contribution < 1.29 is 36.8 Å². The maximum Gasteiger partial charge on any atom is 0.469 e. The standard InChI is InChI=1S/C21H27F3NO5PS/c1-20(25,14-30-31(27,28)29)13-12-17-10-11-19(32-17)18(26)5-3-2-4-15-6-8-16(9-7-15)21(22,23)24/h6-11H,2-5,12-14,25H2,1H3,(H2,27,28,29). The number of unbranched alkanes of at least 4 members (excludes halogenated alkanes) is 1. The Morgan fingerprint density at radius 2 is 1.75 bits per heavy atom. The summed E-state index contributed by atoms with van der Waals surface area (Å²) in [6.45, 7) is 1.35. The molecule has 1 unspecified atom stereocenters. The minimum absolute atomic E-state index is 0.00834. The molecule has 178 valence electrons. The van der Waals surface area contributed by atoms with Gasteiger partial charge in [-0.3, -0.25) is 9.32 Å². The lowest BCUT2D eigenvalue weighted by atomic mass is 9.98. The zero-order valence-electron chi connectivity index (χ0n) is 17.6. The predicted octanol–water partition coefficient (Wildman–Crippen LogP) is 5.12. The third-order valence-electron chi connectivity index (χ3n) is 4.84. The fraction of sp³-hybridized carbons (Fsp3) is 0.476. The van der Waals surface area contributed by atoms with Crippen molar-refractivity contribution in [2.75, 3.05) is 6.61 Å². The van der Waals surface area contributed by atoms with Gasteiger partial charge in [-0.05, 0) is 68.9 Å². The maximum absolute atomic E-state index is 12.6. The highest BCUT2D eigenvalue weighted by Crippen LogP contribution is 2.37. The number of alkyl halides is 3. The van der Waals surface area contributed by atoms with E-state index in [2.05, 4.69) is 4.52 Å². The van der Waals surface area contributed by atoms with Crippen LogP contribution in [0.25, 0.3) is 0 Å². The molecule has 0 fully saturated rings. The summed E-state index contributed by atoms with van der Waals surface area (Å²) in [6.07, 6.45) is -1.09. The molecule has 0 aliphatic heterocycles. The number of carbonyl (C=O) groups excluding carboxylic acids is 1. The van der Waals surface area contributed by atoms with Crippen LogP contribution in [0.5, 0.6) is 0 Å². The number of ketones is 1. The molecule has 1 heterocycles. The molecule has 0 bridgehead atoms. The number of phosphoric ester groups is 1. The minimum Gasteiger partial charge on any atom is -0.323 e. The van der Waals surface area contributed by atoms with Gasteiger partial charge in [-0.1, -0.05) is 12.1 Å². The summed E-state index contributed by atoms with van der Waals surface area (Å²) in [4.78, 5) is 31.5. The number of nitrogens with two attached hydrogens (primary N) is 1. The predicted molar refractivity (Wildman–Crippen MR) is 117 cm³/mol. The molecular formula is C21H27F3NO5PS. The van der Waals surface area contributed by atoms with E-state index in [4.69, 9.17) is 15.5 Å². The highest BCUT2D eigenvalue weighted by molar-refractivity contribution is 7.46. The fourth-order valence-electron chi connectivity index (χ4n) is 2.97. The summed E-state index contributed by atoms with van der Waals surface area (Å²) in [5, 5.41) is 0. The van der Waals surface area contributed by atoms with Crippen molar-refractivity contribution in [2.45, 2.75) is 57.2 Å². The topological polar surface area (TPSA) is 110 Å². The van der Waals surface area contributed by atoms with Crippen molar-refractivity contribution in [2.24, 2.45) is 5.73 Å². The van der Waals surface area contributed by atoms with E-state index in [9.17, 15) is 22.5 Å². The van der Waals surface area contributed by atoms with Gasteiger partial charge in [0.25, 0.3) is 0 Å². The second kappa shape index (κ2) is 11.0. The van der Waals surface area contributed by atoms with Gasteiger partial charge in [-0.15, -0.1) is 11.3 Å². The molecule has 2 rings (SSSR count).